The topological polar surface area (TPSA) is 95.5 Å². The van der Waals surface area contributed by atoms with E-state index in [-0.39, 0.29) is 18.9 Å². The van der Waals surface area contributed by atoms with Crippen molar-refractivity contribution in [1.82, 2.24) is 10.6 Å². The van der Waals surface area contributed by atoms with Gasteiger partial charge in [0.25, 0.3) is 0 Å². The van der Waals surface area contributed by atoms with Gasteiger partial charge < -0.3 is 15.7 Å². The van der Waals surface area contributed by atoms with Crippen molar-refractivity contribution in [3.8, 4) is 0 Å². The van der Waals surface area contributed by atoms with Crippen LogP contribution >= 0.6 is 12.6 Å². The van der Waals surface area contributed by atoms with Crippen LogP contribution in [0.2, 0.25) is 0 Å². The molecule has 7 heteroatoms. The second kappa shape index (κ2) is 7.25. The van der Waals surface area contributed by atoms with Crippen LogP contribution in [0.1, 0.15) is 27.2 Å². The molecule has 0 aromatic carbocycles. The number of carbonyl (C=O) groups is 3. The minimum Gasteiger partial charge on any atom is -0.480 e. The molecule has 2 amide bonds. The molecule has 1 unspecified atom stereocenters. The molecule has 0 aliphatic carbocycles. The monoisotopic (exact) mass is 276 g/mol. The van der Waals surface area contributed by atoms with Gasteiger partial charge >= 0.3 is 5.97 Å². The molecule has 0 saturated carbocycles. The van der Waals surface area contributed by atoms with Gasteiger partial charge in [-0.05, 0) is 12.2 Å². The van der Waals surface area contributed by atoms with Crippen molar-refractivity contribution >= 4 is 30.4 Å². The van der Waals surface area contributed by atoms with E-state index in [1.54, 1.807) is 20.8 Å². The van der Waals surface area contributed by atoms with E-state index in [0.717, 1.165) is 0 Å². The Bertz CT molecular complexity index is 325. The van der Waals surface area contributed by atoms with E-state index in [1.807, 2.05) is 0 Å². The highest BCUT2D eigenvalue weighted by Crippen LogP contribution is 2.11. The number of carbonyl (C=O) groups excluding carboxylic acids is 2. The van der Waals surface area contributed by atoms with E-state index in [1.165, 1.54) is 0 Å². The summed E-state index contributed by atoms with van der Waals surface area (Å²) < 4.78 is 0. The molecule has 18 heavy (non-hydrogen) atoms. The van der Waals surface area contributed by atoms with Gasteiger partial charge in [0.2, 0.25) is 11.8 Å². The first-order chi connectivity index (χ1) is 8.18. The lowest BCUT2D eigenvalue weighted by Gasteiger charge is -2.18. The van der Waals surface area contributed by atoms with Gasteiger partial charge in [-0.2, -0.15) is 12.6 Å². The highest BCUT2D eigenvalue weighted by Gasteiger charge is 2.23. The Labute approximate surface area is 112 Å². The molecule has 104 valence electrons. The summed E-state index contributed by atoms with van der Waals surface area (Å²) in [6.45, 7) is 4.94. The highest BCUT2D eigenvalue weighted by atomic mass is 32.1. The second-order valence-electron chi connectivity index (χ2n) is 4.90. The highest BCUT2D eigenvalue weighted by molar-refractivity contribution is 7.80. The zero-order valence-electron chi connectivity index (χ0n) is 10.8. The van der Waals surface area contributed by atoms with Crippen molar-refractivity contribution < 1.29 is 19.5 Å². The van der Waals surface area contributed by atoms with E-state index >= 15 is 0 Å². The molecule has 0 aliphatic heterocycles. The molecule has 0 heterocycles. The van der Waals surface area contributed by atoms with Gasteiger partial charge in [-0.25, -0.2) is 4.79 Å². The number of rotatable bonds is 6. The molecule has 0 saturated heterocycles. The number of carboxylic acids is 1. The Kier molecular flexibility index (Phi) is 6.75. The van der Waals surface area contributed by atoms with Crippen LogP contribution in [-0.4, -0.2) is 41.2 Å². The summed E-state index contributed by atoms with van der Waals surface area (Å²) in [6.07, 6.45) is 0.234. The van der Waals surface area contributed by atoms with E-state index in [0.29, 0.717) is 5.75 Å². The predicted molar refractivity (Wildman–Crippen MR) is 70.5 cm³/mol. The zero-order valence-corrected chi connectivity index (χ0v) is 11.7. The lowest BCUT2D eigenvalue weighted by molar-refractivity contribution is -0.141. The number of hydrogen-bond acceptors (Lipinski definition) is 4. The maximum atomic E-state index is 11.5. The average molecular weight is 276 g/mol. The third kappa shape index (κ3) is 6.48. The van der Waals surface area contributed by atoms with Crippen LogP contribution in [0.5, 0.6) is 0 Å². The van der Waals surface area contributed by atoms with Gasteiger partial charge in [-0.15, -0.1) is 0 Å². The maximum Gasteiger partial charge on any atom is 0.326 e. The fourth-order valence-corrected chi connectivity index (χ4v) is 1.32. The van der Waals surface area contributed by atoms with Crippen LogP contribution in [0.4, 0.5) is 0 Å². The van der Waals surface area contributed by atoms with Gasteiger partial charge in [0.1, 0.15) is 6.04 Å². The van der Waals surface area contributed by atoms with Crippen LogP contribution in [0.15, 0.2) is 0 Å². The van der Waals surface area contributed by atoms with Crippen molar-refractivity contribution in [2.75, 3.05) is 12.3 Å². The molecule has 0 aliphatic rings. The maximum absolute atomic E-state index is 11.5. The first-order valence-electron chi connectivity index (χ1n) is 5.59. The first-order valence-corrected chi connectivity index (χ1v) is 6.23. The lowest BCUT2D eigenvalue weighted by Crippen LogP contribution is -2.47. The van der Waals surface area contributed by atoms with Crippen molar-refractivity contribution in [2.45, 2.75) is 33.2 Å². The van der Waals surface area contributed by atoms with Crippen molar-refractivity contribution in [2.24, 2.45) is 5.41 Å². The lowest BCUT2D eigenvalue weighted by atomic mass is 9.96. The molecular formula is C11H20N2O4S. The molecule has 1 atom stereocenters. The summed E-state index contributed by atoms with van der Waals surface area (Å²) in [7, 11) is 0. The fraction of sp³-hybridized carbons (Fsp3) is 0.727. The predicted octanol–water partition coefficient (Wildman–Crippen LogP) is 0.0380. The van der Waals surface area contributed by atoms with E-state index in [4.69, 9.17) is 5.11 Å². The SMILES string of the molecule is CC(C)(C)C(=O)NCC(=O)NC(CCS)C(=O)O. The molecule has 0 aromatic rings. The van der Waals surface area contributed by atoms with E-state index < -0.39 is 23.3 Å². The first kappa shape index (κ1) is 16.8. The average Bonchev–Trinajstić information content (AvgIpc) is 2.23. The van der Waals surface area contributed by atoms with E-state index in [2.05, 4.69) is 23.3 Å². The Morgan fingerprint density at radius 2 is 1.83 bits per heavy atom. The van der Waals surface area contributed by atoms with Gasteiger partial charge in [0.15, 0.2) is 0 Å². The third-order valence-electron chi connectivity index (χ3n) is 2.14. The van der Waals surface area contributed by atoms with Crippen LogP contribution in [0.25, 0.3) is 0 Å². The smallest absolute Gasteiger partial charge is 0.326 e. The largest absolute Gasteiger partial charge is 0.480 e. The van der Waals surface area contributed by atoms with E-state index in [9.17, 15) is 14.4 Å². The third-order valence-corrected chi connectivity index (χ3v) is 2.40. The van der Waals surface area contributed by atoms with Gasteiger partial charge in [0, 0.05) is 5.41 Å². The standard InChI is InChI=1S/C11H20N2O4S/c1-11(2,3)10(17)12-6-8(14)13-7(4-5-18)9(15)16/h7,18H,4-6H2,1-3H3,(H,12,17)(H,13,14)(H,15,16). The van der Waals surface area contributed by atoms with Gasteiger partial charge in [0.05, 0.1) is 6.54 Å². The Morgan fingerprint density at radius 3 is 2.22 bits per heavy atom. The normalized spacial score (nSPS) is 12.7. The molecule has 0 bridgehead atoms. The van der Waals surface area contributed by atoms with Crippen LogP contribution in [-0.2, 0) is 14.4 Å². The number of thiol groups is 1. The Balaban J connectivity index is 4.18. The number of carboxylic acid groups (broad SMARTS) is 1. The molecule has 3 N–H and O–H groups in total. The summed E-state index contributed by atoms with van der Waals surface area (Å²) >= 11 is 3.92. The second-order valence-corrected chi connectivity index (χ2v) is 5.35. The van der Waals surface area contributed by atoms with Crippen molar-refractivity contribution in [3.05, 3.63) is 0 Å². The minimum atomic E-state index is -1.11. The van der Waals surface area contributed by atoms with Crippen LogP contribution in [0, 0.1) is 5.41 Å². The van der Waals surface area contributed by atoms with Crippen molar-refractivity contribution in [3.63, 3.8) is 0 Å². The molecule has 0 fully saturated rings. The molecule has 0 aromatic heterocycles. The summed E-state index contributed by atoms with van der Waals surface area (Å²) in [6, 6.07) is -0.971. The quantitative estimate of drug-likeness (QED) is 0.515. The summed E-state index contributed by atoms with van der Waals surface area (Å²) in [4.78, 5) is 33.7. The minimum absolute atomic E-state index is 0.230. The van der Waals surface area contributed by atoms with Crippen LogP contribution < -0.4 is 10.6 Å². The molecule has 0 radical (unpaired) electrons. The van der Waals surface area contributed by atoms with Gasteiger partial charge in [-0.3, -0.25) is 9.59 Å². The van der Waals surface area contributed by atoms with Gasteiger partial charge in [-0.1, -0.05) is 20.8 Å². The molecule has 0 rings (SSSR count). The Hall–Kier alpha value is -1.24. The molecular weight excluding hydrogens is 256 g/mol. The zero-order chi connectivity index (χ0) is 14.3. The molecule has 0 spiro atoms. The van der Waals surface area contributed by atoms with Crippen LogP contribution in [0.3, 0.4) is 0 Å². The summed E-state index contributed by atoms with van der Waals surface area (Å²) in [5.41, 5.74) is -0.586. The van der Waals surface area contributed by atoms with Crippen molar-refractivity contribution in [1.29, 1.82) is 0 Å². The molecule has 6 nitrogen and oxygen atoms in total. The number of amides is 2. The number of hydrogen-bond donors (Lipinski definition) is 4. The number of aliphatic carboxylic acids is 1. The summed E-state index contributed by atoms with van der Waals surface area (Å²) in [5, 5.41) is 13.6. The summed E-state index contributed by atoms with van der Waals surface area (Å²) in [5.74, 6) is -1.55. The Morgan fingerprint density at radius 1 is 1.28 bits per heavy atom. The fourth-order valence-electron chi connectivity index (χ4n) is 1.06. The number of nitrogens with one attached hydrogen (secondary N) is 2.